The van der Waals surface area contributed by atoms with Crippen LogP contribution in [-0.4, -0.2) is 36.2 Å². The van der Waals surface area contributed by atoms with Gasteiger partial charge in [0.05, 0.1) is 35.4 Å². The predicted octanol–water partition coefficient (Wildman–Crippen LogP) is 3.06. The smallest absolute Gasteiger partial charge is 0.253 e. The van der Waals surface area contributed by atoms with E-state index in [1.165, 1.54) is 0 Å². The maximum absolute atomic E-state index is 12.5. The number of hydrogen-bond acceptors (Lipinski definition) is 5. The summed E-state index contributed by atoms with van der Waals surface area (Å²) in [5.74, 6) is 0.684. The van der Waals surface area contributed by atoms with Gasteiger partial charge in [-0.3, -0.25) is 4.79 Å². The SMILES string of the molecule is C[C@@H]1CN(c2ccc(C(=O)N[C@H](C)c3ccc(C#N)cc3)cn2)C[C@@H](C)O1. The standard InChI is InChI=1S/C21H24N4O2/c1-14-12-25(13-15(2)27-14)20-9-8-19(11-23-20)21(26)24-16(3)18-6-4-17(10-22)5-7-18/h4-9,11,14-16H,12-13H2,1-3H3,(H,24,26)/t14-,15-,16-/m1/s1. The number of nitrogens with one attached hydrogen (secondary N) is 1. The van der Waals surface area contributed by atoms with E-state index >= 15 is 0 Å². The normalized spacial score (nSPS) is 20.6. The molecule has 0 saturated carbocycles. The van der Waals surface area contributed by atoms with E-state index in [0.717, 1.165) is 24.5 Å². The average molecular weight is 364 g/mol. The fourth-order valence-corrected chi connectivity index (χ4v) is 3.28. The minimum Gasteiger partial charge on any atom is -0.372 e. The van der Waals surface area contributed by atoms with Crippen LogP contribution in [0.15, 0.2) is 42.6 Å². The molecule has 0 radical (unpaired) electrons. The Kier molecular flexibility index (Phi) is 5.72. The number of benzene rings is 1. The molecule has 1 N–H and O–H groups in total. The number of aromatic nitrogens is 1. The van der Waals surface area contributed by atoms with Crippen LogP contribution < -0.4 is 10.2 Å². The van der Waals surface area contributed by atoms with Gasteiger partial charge in [0.15, 0.2) is 0 Å². The summed E-state index contributed by atoms with van der Waals surface area (Å²) in [4.78, 5) is 19.2. The van der Waals surface area contributed by atoms with Gasteiger partial charge in [0.25, 0.3) is 5.91 Å². The topological polar surface area (TPSA) is 78.3 Å². The van der Waals surface area contributed by atoms with Crippen molar-refractivity contribution in [1.29, 1.82) is 5.26 Å². The number of carbonyl (C=O) groups is 1. The van der Waals surface area contributed by atoms with Gasteiger partial charge in [0.1, 0.15) is 5.82 Å². The monoisotopic (exact) mass is 364 g/mol. The Balaban J connectivity index is 1.64. The van der Waals surface area contributed by atoms with Crippen LogP contribution in [0, 0.1) is 11.3 Å². The molecule has 1 aromatic carbocycles. The second-order valence-corrected chi connectivity index (χ2v) is 7.00. The molecule has 1 aromatic heterocycles. The summed E-state index contributed by atoms with van der Waals surface area (Å²) in [6.07, 6.45) is 1.93. The van der Waals surface area contributed by atoms with Gasteiger partial charge in [-0.1, -0.05) is 12.1 Å². The van der Waals surface area contributed by atoms with Crippen molar-refractivity contribution in [3.8, 4) is 6.07 Å². The van der Waals surface area contributed by atoms with Crippen LogP contribution in [0.4, 0.5) is 5.82 Å². The Morgan fingerprint density at radius 3 is 2.44 bits per heavy atom. The lowest BCUT2D eigenvalue weighted by Gasteiger charge is -2.36. The zero-order chi connectivity index (χ0) is 19.4. The molecule has 140 valence electrons. The largest absolute Gasteiger partial charge is 0.372 e. The predicted molar refractivity (Wildman–Crippen MR) is 103 cm³/mol. The Morgan fingerprint density at radius 1 is 1.22 bits per heavy atom. The molecule has 6 nitrogen and oxygen atoms in total. The second kappa shape index (κ2) is 8.19. The number of nitrogens with zero attached hydrogens (tertiary/aromatic N) is 3. The first kappa shape index (κ1) is 18.9. The van der Waals surface area contributed by atoms with Gasteiger partial charge in [-0.2, -0.15) is 5.26 Å². The molecule has 1 saturated heterocycles. The van der Waals surface area contributed by atoms with Crippen LogP contribution in [0.2, 0.25) is 0 Å². The van der Waals surface area contributed by atoms with E-state index in [1.807, 2.05) is 25.1 Å². The number of carbonyl (C=O) groups excluding carboxylic acids is 1. The number of nitriles is 1. The van der Waals surface area contributed by atoms with Gasteiger partial charge in [0, 0.05) is 19.3 Å². The molecule has 27 heavy (non-hydrogen) atoms. The molecule has 0 spiro atoms. The highest BCUT2D eigenvalue weighted by atomic mass is 16.5. The molecule has 1 aliphatic rings. The van der Waals surface area contributed by atoms with Crippen molar-refractivity contribution in [2.75, 3.05) is 18.0 Å². The zero-order valence-corrected chi connectivity index (χ0v) is 15.8. The van der Waals surface area contributed by atoms with Crippen LogP contribution in [0.3, 0.4) is 0 Å². The fourth-order valence-electron chi connectivity index (χ4n) is 3.28. The highest BCUT2D eigenvalue weighted by Crippen LogP contribution is 2.19. The van der Waals surface area contributed by atoms with Gasteiger partial charge in [0.2, 0.25) is 0 Å². The Bertz CT molecular complexity index is 817. The number of ether oxygens (including phenoxy) is 1. The third-order valence-electron chi connectivity index (χ3n) is 4.64. The maximum atomic E-state index is 12.5. The second-order valence-electron chi connectivity index (χ2n) is 7.00. The number of amides is 1. The summed E-state index contributed by atoms with van der Waals surface area (Å²) >= 11 is 0. The number of pyridine rings is 1. The molecular formula is C21H24N4O2. The van der Waals surface area contributed by atoms with Crippen LogP contribution in [0.5, 0.6) is 0 Å². The van der Waals surface area contributed by atoms with Gasteiger partial charge in [-0.05, 0) is 50.6 Å². The zero-order valence-electron chi connectivity index (χ0n) is 15.8. The Morgan fingerprint density at radius 2 is 1.89 bits per heavy atom. The minimum atomic E-state index is -0.172. The first-order valence-electron chi connectivity index (χ1n) is 9.13. The average Bonchev–Trinajstić information content (AvgIpc) is 2.67. The van der Waals surface area contributed by atoms with Gasteiger partial charge < -0.3 is 15.0 Å². The molecule has 1 amide bonds. The van der Waals surface area contributed by atoms with Crippen molar-refractivity contribution in [1.82, 2.24) is 10.3 Å². The quantitative estimate of drug-likeness (QED) is 0.902. The summed E-state index contributed by atoms with van der Waals surface area (Å²) in [6, 6.07) is 12.8. The van der Waals surface area contributed by atoms with E-state index in [0.29, 0.717) is 11.1 Å². The van der Waals surface area contributed by atoms with E-state index in [4.69, 9.17) is 10.00 Å². The maximum Gasteiger partial charge on any atom is 0.253 e. The molecule has 3 atom stereocenters. The number of morpholine rings is 1. The van der Waals surface area contributed by atoms with Crippen LogP contribution in [-0.2, 0) is 4.74 Å². The third kappa shape index (κ3) is 4.63. The molecule has 1 aliphatic heterocycles. The lowest BCUT2D eigenvalue weighted by molar-refractivity contribution is -0.00546. The lowest BCUT2D eigenvalue weighted by Crippen LogP contribution is -2.45. The summed E-state index contributed by atoms with van der Waals surface area (Å²) in [7, 11) is 0. The van der Waals surface area contributed by atoms with Crippen LogP contribution in [0.1, 0.15) is 48.3 Å². The number of hydrogen-bond donors (Lipinski definition) is 1. The van der Waals surface area contributed by atoms with E-state index < -0.39 is 0 Å². The molecular weight excluding hydrogens is 340 g/mol. The van der Waals surface area contributed by atoms with Crippen LogP contribution in [0.25, 0.3) is 0 Å². The molecule has 2 aromatic rings. The number of anilines is 1. The molecule has 0 bridgehead atoms. The molecule has 0 aliphatic carbocycles. The van der Waals surface area contributed by atoms with Crippen molar-refractivity contribution >= 4 is 11.7 Å². The summed E-state index contributed by atoms with van der Waals surface area (Å²) in [5, 5.41) is 11.8. The summed E-state index contributed by atoms with van der Waals surface area (Å²) in [5.41, 5.74) is 2.07. The van der Waals surface area contributed by atoms with Crippen molar-refractivity contribution in [2.45, 2.75) is 39.0 Å². The van der Waals surface area contributed by atoms with E-state index in [2.05, 4.69) is 35.1 Å². The van der Waals surface area contributed by atoms with Gasteiger partial charge in [-0.15, -0.1) is 0 Å². The minimum absolute atomic E-state index is 0.159. The lowest BCUT2D eigenvalue weighted by atomic mass is 10.1. The third-order valence-corrected chi connectivity index (χ3v) is 4.64. The first-order valence-corrected chi connectivity index (χ1v) is 9.13. The van der Waals surface area contributed by atoms with E-state index in [9.17, 15) is 4.79 Å². The van der Waals surface area contributed by atoms with Crippen molar-refractivity contribution < 1.29 is 9.53 Å². The first-order chi connectivity index (χ1) is 13.0. The van der Waals surface area contributed by atoms with Crippen molar-refractivity contribution in [3.05, 3.63) is 59.3 Å². The van der Waals surface area contributed by atoms with Crippen molar-refractivity contribution in [3.63, 3.8) is 0 Å². The summed E-state index contributed by atoms with van der Waals surface area (Å²) in [6.45, 7) is 7.60. The molecule has 1 fully saturated rings. The Labute approximate surface area is 159 Å². The molecule has 3 rings (SSSR count). The molecule has 2 heterocycles. The molecule has 6 heteroatoms. The Hall–Kier alpha value is -2.91. The van der Waals surface area contributed by atoms with Gasteiger partial charge >= 0.3 is 0 Å². The van der Waals surface area contributed by atoms with E-state index in [1.54, 1.807) is 24.4 Å². The van der Waals surface area contributed by atoms with E-state index in [-0.39, 0.29) is 24.2 Å². The van der Waals surface area contributed by atoms with Crippen LogP contribution >= 0.6 is 0 Å². The highest BCUT2D eigenvalue weighted by Gasteiger charge is 2.23. The summed E-state index contributed by atoms with van der Waals surface area (Å²) < 4.78 is 5.75. The highest BCUT2D eigenvalue weighted by molar-refractivity contribution is 5.94. The molecule has 0 unspecified atom stereocenters. The van der Waals surface area contributed by atoms with Gasteiger partial charge in [-0.25, -0.2) is 4.98 Å². The fraction of sp³-hybridized carbons (Fsp3) is 0.381. The van der Waals surface area contributed by atoms with Crippen molar-refractivity contribution in [2.24, 2.45) is 0 Å². The number of rotatable bonds is 4.